The van der Waals surface area contributed by atoms with Crippen LogP contribution in [-0.2, 0) is 11.2 Å². The van der Waals surface area contributed by atoms with Gasteiger partial charge in [-0.25, -0.2) is 14.7 Å². The van der Waals surface area contributed by atoms with E-state index in [1.807, 2.05) is 26.8 Å². The molecule has 0 radical (unpaired) electrons. The standard InChI is InChI=1S/C24H25N5O4/c1-4-16-12-18(8-9-20(16)33-21-10-11-26-23(25)27-21)29-22(30)14-28(24(29)31)17-6-5-7-19(13-17)32-15(2)3/h5-13,15H,4,14H2,1-3H3,(H2,25,26,27). The summed E-state index contributed by atoms with van der Waals surface area (Å²) in [4.78, 5) is 36.5. The maximum Gasteiger partial charge on any atom is 0.336 e. The molecule has 3 amide bonds. The molecule has 0 unspecified atom stereocenters. The van der Waals surface area contributed by atoms with Gasteiger partial charge in [0, 0.05) is 24.0 Å². The number of nitrogens with two attached hydrogens (primary N) is 1. The lowest BCUT2D eigenvalue weighted by Gasteiger charge is -2.19. The molecule has 9 heteroatoms. The summed E-state index contributed by atoms with van der Waals surface area (Å²) < 4.78 is 11.6. The van der Waals surface area contributed by atoms with Crippen LogP contribution in [0, 0.1) is 0 Å². The van der Waals surface area contributed by atoms with E-state index in [2.05, 4.69) is 9.97 Å². The minimum atomic E-state index is -0.416. The highest BCUT2D eigenvalue weighted by Gasteiger charge is 2.38. The molecule has 2 heterocycles. The van der Waals surface area contributed by atoms with E-state index in [1.165, 1.54) is 16.0 Å². The van der Waals surface area contributed by atoms with E-state index in [9.17, 15) is 9.59 Å². The van der Waals surface area contributed by atoms with Gasteiger partial charge in [0.2, 0.25) is 11.8 Å². The Kier molecular flexibility index (Phi) is 6.12. The maximum atomic E-state index is 13.2. The fourth-order valence-electron chi connectivity index (χ4n) is 3.56. The zero-order chi connectivity index (χ0) is 23.5. The first-order valence-corrected chi connectivity index (χ1v) is 10.7. The molecule has 0 aliphatic carbocycles. The molecule has 0 atom stereocenters. The number of amides is 3. The van der Waals surface area contributed by atoms with Gasteiger partial charge in [0.25, 0.3) is 5.91 Å². The Morgan fingerprint density at radius 1 is 1.09 bits per heavy atom. The monoisotopic (exact) mass is 447 g/mol. The van der Waals surface area contributed by atoms with Gasteiger partial charge in [0.15, 0.2) is 0 Å². The highest BCUT2D eigenvalue weighted by atomic mass is 16.5. The van der Waals surface area contributed by atoms with Crippen molar-refractivity contribution in [2.75, 3.05) is 22.1 Å². The lowest BCUT2D eigenvalue weighted by atomic mass is 10.1. The summed E-state index contributed by atoms with van der Waals surface area (Å²) in [5.41, 5.74) is 7.52. The van der Waals surface area contributed by atoms with Gasteiger partial charge in [-0.2, -0.15) is 4.98 Å². The van der Waals surface area contributed by atoms with Gasteiger partial charge in [-0.3, -0.25) is 9.69 Å². The normalized spacial score (nSPS) is 13.7. The van der Waals surface area contributed by atoms with Crippen molar-refractivity contribution in [3.05, 3.63) is 60.3 Å². The Balaban J connectivity index is 1.59. The second-order valence-corrected chi connectivity index (χ2v) is 7.76. The molecule has 1 aromatic heterocycles. The third kappa shape index (κ3) is 4.72. The first kappa shape index (κ1) is 22.1. The average molecular weight is 447 g/mol. The molecular weight excluding hydrogens is 422 g/mol. The van der Waals surface area contributed by atoms with Crippen molar-refractivity contribution in [1.29, 1.82) is 0 Å². The molecule has 1 aliphatic rings. The minimum absolute atomic E-state index is 0.000326. The number of aromatic nitrogens is 2. The van der Waals surface area contributed by atoms with Crippen molar-refractivity contribution in [3.63, 3.8) is 0 Å². The SMILES string of the molecule is CCc1cc(N2C(=O)CN(c3cccc(OC(C)C)c3)C2=O)ccc1Oc1ccnc(N)n1. The van der Waals surface area contributed by atoms with Crippen LogP contribution < -0.4 is 25.0 Å². The Hall–Kier alpha value is -4.14. The summed E-state index contributed by atoms with van der Waals surface area (Å²) in [6, 6.07) is 13.5. The van der Waals surface area contributed by atoms with Gasteiger partial charge in [0.1, 0.15) is 18.0 Å². The van der Waals surface area contributed by atoms with Crippen LogP contribution in [0.15, 0.2) is 54.7 Å². The highest BCUT2D eigenvalue weighted by molar-refractivity contribution is 6.27. The van der Waals surface area contributed by atoms with Gasteiger partial charge in [-0.05, 0) is 56.2 Å². The summed E-state index contributed by atoms with van der Waals surface area (Å²) in [6.45, 7) is 5.76. The van der Waals surface area contributed by atoms with Crippen LogP contribution >= 0.6 is 0 Å². The largest absolute Gasteiger partial charge is 0.491 e. The van der Waals surface area contributed by atoms with Crippen LogP contribution in [-0.4, -0.2) is 34.6 Å². The third-order valence-electron chi connectivity index (χ3n) is 5.01. The molecule has 2 aromatic carbocycles. The number of hydrogen-bond acceptors (Lipinski definition) is 7. The molecule has 0 bridgehead atoms. The molecule has 170 valence electrons. The average Bonchev–Trinajstić information content (AvgIpc) is 3.08. The second-order valence-electron chi connectivity index (χ2n) is 7.76. The van der Waals surface area contributed by atoms with Crippen molar-refractivity contribution in [1.82, 2.24) is 9.97 Å². The van der Waals surface area contributed by atoms with Crippen LogP contribution in [0.25, 0.3) is 0 Å². The number of carbonyl (C=O) groups is 2. The molecule has 9 nitrogen and oxygen atoms in total. The quantitative estimate of drug-likeness (QED) is 0.541. The summed E-state index contributed by atoms with van der Waals surface area (Å²) in [5.74, 6) is 1.32. The third-order valence-corrected chi connectivity index (χ3v) is 5.01. The van der Waals surface area contributed by atoms with Gasteiger partial charge in [0.05, 0.1) is 11.8 Å². The van der Waals surface area contributed by atoms with Crippen molar-refractivity contribution in [3.8, 4) is 17.4 Å². The number of hydrogen-bond donors (Lipinski definition) is 1. The van der Waals surface area contributed by atoms with E-state index in [1.54, 1.807) is 42.5 Å². The van der Waals surface area contributed by atoms with E-state index in [-0.39, 0.29) is 24.5 Å². The van der Waals surface area contributed by atoms with Gasteiger partial charge in [-0.15, -0.1) is 0 Å². The van der Waals surface area contributed by atoms with E-state index in [4.69, 9.17) is 15.2 Å². The molecule has 1 fully saturated rings. The fraction of sp³-hybridized carbons (Fsp3) is 0.250. The summed E-state index contributed by atoms with van der Waals surface area (Å²) in [5, 5.41) is 0. The van der Waals surface area contributed by atoms with Crippen LogP contribution in [0.5, 0.6) is 17.4 Å². The Morgan fingerprint density at radius 2 is 1.91 bits per heavy atom. The van der Waals surface area contributed by atoms with Crippen LogP contribution in [0.3, 0.4) is 0 Å². The summed E-state index contributed by atoms with van der Waals surface area (Å²) in [6.07, 6.45) is 2.13. The summed E-state index contributed by atoms with van der Waals surface area (Å²) >= 11 is 0. The zero-order valence-corrected chi connectivity index (χ0v) is 18.7. The molecular formula is C24H25N5O4. The van der Waals surface area contributed by atoms with Crippen LogP contribution in [0.2, 0.25) is 0 Å². The van der Waals surface area contributed by atoms with Crippen molar-refractivity contribution in [2.45, 2.75) is 33.3 Å². The van der Waals surface area contributed by atoms with Crippen molar-refractivity contribution in [2.24, 2.45) is 0 Å². The lowest BCUT2D eigenvalue weighted by molar-refractivity contribution is -0.115. The number of rotatable bonds is 7. The predicted octanol–water partition coefficient (Wildman–Crippen LogP) is 4.17. The molecule has 1 aliphatic heterocycles. The Bertz CT molecular complexity index is 1200. The number of ether oxygens (including phenoxy) is 2. The van der Waals surface area contributed by atoms with E-state index >= 15 is 0 Å². The minimum Gasteiger partial charge on any atom is -0.491 e. The van der Waals surface area contributed by atoms with Gasteiger partial charge < -0.3 is 15.2 Å². The number of nitrogens with zero attached hydrogens (tertiary/aromatic N) is 4. The Morgan fingerprint density at radius 3 is 2.64 bits per heavy atom. The van der Waals surface area contributed by atoms with Crippen molar-refractivity contribution >= 4 is 29.3 Å². The number of imide groups is 1. The highest BCUT2D eigenvalue weighted by Crippen LogP contribution is 2.33. The van der Waals surface area contributed by atoms with E-state index in [0.29, 0.717) is 35.2 Å². The molecule has 0 saturated carbocycles. The number of benzene rings is 2. The van der Waals surface area contributed by atoms with E-state index < -0.39 is 6.03 Å². The fourth-order valence-corrected chi connectivity index (χ4v) is 3.56. The number of aryl methyl sites for hydroxylation is 1. The van der Waals surface area contributed by atoms with Crippen molar-refractivity contribution < 1.29 is 19.1 Å². The van der Waals surface area contributed by atoms with E-state index in [0.717, 1.165) is 5.56 Å². The first-order chi connectivity index (χ1) is 15.9. The molecule has 3 aromatic rings. The van der Waals surface area contributed by atoms with Crippen LogP contribution in [0.4, 0.5) is 22.1 Å². The predicted molar refractivity (Wildman–Crippen MR) is 125 cm³/mol. The topological polar surface area (TPSA) is 111 Å². The molecule has 0 spiro atoms. The van der Waals surface area contributed by atoms with Crippen LogP contribution in [0.1, 0.15) is 26.3 Å². The first-order valence-electron chi connectivity index (χ1n) is 10.7. The number of anilines is 3. The number of carbonyl (C=O) groups excluding carboxylic acids is 2. The smallest absolute Gasteiger partial charge is 0.336 e. The van der Waals surface area contributed by atoms with Gasteiger partial charge in [-0.1, -0.05) is 13.0 Å². The number of nitrogen functional groups attached to an aromatic ring is 1. The molecule has 1 saturated heterocycles. The second kappa shape index (κ2) is 9.15. The molecule has 2 N–H and O–H groups in total. The summed E-state index contributed by atoms with van der Waals surface area (Å²) in [7, 11) is 0. The molecule has 4 rings (SSSR count). The van der Waals surface area contributed by atoms with Gasteiger partial charge >= 0.3 is 6.03 Å². The lowest BCUT2D eigenvalue weighted by Crippen LogP contribution is -2.33. The number of urea groups is 1. The molecule has 33 heavy (non-hydrogen) atoms. The zero-order valence-electron chi connectivity index (χ0n) is 18.7. The Labute approximate surface area is 191 Å². The maximum absolute atomic E-state index is 13.2.